The van der Waals surface area contributed by atoms with Crippen molar-refractivity contribution in [2.75, 3.05) is 5.73 Å². The van der Waals surface area contributed by atoms with Gasteiger partial charge in [0.25, 0.3) is 0 Å². The molecule has 1 aliphatic rings. The van der Waals surface area contributed by atoms with Crippen molar-refractivity contribution in [2.45, 2.75) is 39.0 Å². The highest BCUT2D eigenvalue weighted by molar-refractivity contribution is 5.09. The van der Waals surface area contributed by atoms with E-state index in [1.807, 2.05) is 0 Å². The van der Waals surface area contributed by atoms with E-state index in [0.717, 1.165) is 12.8 Å². The lowest BCUT2D eigenvalue weighted by atomic mass is 10.0. The van der Waals surface area contributed by atoms with E-state index in [4.69, 9.17) is 10.5 Å². The van der Waals surface area contributed by atoms with Gasteiger partial charge in [0.2, 0.25) is 5.95 Å². The van der Waals surface area contributed by atoms with Crippen molar-refractivity contribution in [3.8, 4) is 0 Å². The normalized spacial score (nSPS) is 29.5. The van der Waals surface area contributed by atoms with Gasteiger partial charge in [0.1, 0.15) is 12.6 Å². The molecule has 1 saturated heterocycles. The molecular formula is C10H16N4O2. The average Bonchev–Trinajstić information content (AvgIpc) is 2.59. The van der Waals surface area contributed by atoms with Crippen molar-refractivity contribution in [2.24, 2.45) is 5.92 Å². The van der Waals surface area contributed by atoms with Gasteiger partial charge in [0.15, 0.2) is 0 Å². The summed E-state index contributed by atoms with van der Waals surface area (Å²) in [4.78, 5) is 19.0. The molecule has 0 aliphatic carbocycles. The lowest BCUT2D eigenvalue weighted by Crippen LogP contribution is -2.28. The van der Waals surface area contributed by atoms with Crippen molar-refractivity contribution in [1.29, 1.82) is 0 Å². The second-order valence-electron chi connectivity index (χ2n) is 4.15. The molecule has 0 bridgehead atoms. The van der Waals surface area contributed by atoms with Crippen LogP contribution >= 0.6 is 0 Å². The Balaban J connectivity index is 2.23. The monoisotopic (exact) mass is 224 g/mol. The maximum Gasteiger partial charge on any atom is 0.354 e. The van der Waals surface area contributed by atoms with E-state index in [0.29, 0.717) is 5.92 Å². The molecule has 1 aromatic rings. The summed E-state index contributed by atoms with van der Waals surface area (Å²) in [5.41, 5.74) is 4.93. The molecule has 1 aromatic heterocycles. The van der Waals surface area contributed by atoms with Crippen LogP contribution in [0.25, 0.3) is 0 Å². The number of anilines is 1. The van der Waals surface area contributed by atoms with Gasteiger partial charge in [-0.1, -0.05) is 13.8 Å². The van der Waals surface area contributed by atoms with Gasteiger partial charge in [-0.25, -0.2) is 9.78 Å². The molecule has 2 rings (SSSR count). The third-order valence-electron chi connectivity index (χ3n) is 3.00. The van der Waals surface area contributed by atoms with Crippen LogP contribution in [0.4, 0.5) is 5.95 Å². The molecule has 2 N–H and O–H groups in total. The van der Waals surface area contributed by atoms with Crippen molar-refractivity contribution in [1.82, 2.24) is 14.5 Å². The fraction of sp³-hybridized carbons (Fsp3) is 0.700. The summed E-state index contributed by atoms with van der Waals surface area (Å²) in [7, 11) is 0. The van der Waals surface area contributed by atoms with Crippen molar-refractivity contribution in [3.63, 3.8) is 0 Å². The van der Waals surface area contributed by atoms with E-state index < -0.39 is 5.69 Å². The van der Waals surface area contributed by atoms with Gasteiger partial charge >= 0.3 is 5.69 Å². The fourth-order valence-electron chi connectivity index (χ4n) is 2.09. The number of aromatic nitrogens is 3. The summed E-state index contributed by atoms with van der Waals surface area (Å²) in [6.07, 6.45) is 3.11. The Hall–Kier alpha value is -1.43. The lowest BCUT2D eigenvalue weighted by molar-refractivity contribution is -0.00807. The zero-order valence-corrected chi connectivity index (χ0v) is 9.46. The van der Waals surface area contributed by atoms with Crippen LogP contribution in [0, 0.1) is 5.92 Å². The standard InChI is InChI=1S/C10H16N4O2/c1-3-7-6(2)4-8(16-7)14-5-12-9(11)13-10(14)15/h5-8H,3-4H2,1-2H3,(H2,11,13,15)/t6?,7-,8-/m1/s1. The Bertz CT molecular complexity index is 431. The maximum absolute atomic E-state index is 11.6. The Kier molecular flexibility index (Phi) is 2.91. The minimum absolute atomic E-state index is 0.000614. The first-order valence-electron chi connectivity index (χ1n) is 5.48. The zero-order valence-electron chi connectivity index (χ0n) is 9.46. The molecule has 16 heavy (non-hydrogen) atoms. The summed E-state index contributed by atoms with van der Waals surface area (Å²) in [5.74, 6) is 0.443. The number of hydrogen-bond donors (Lipinski definition) is 1. The third-order valence-corrected chi connectivity index (χ3v) is 3.00. The number of nitrogens with two attached hydrogens (primary N) is 1. The first-order chi connectivity index (χ1) is 7.61. The molecule has 6 nitrogen and oxygen atoms in total. The summed E-state index contributed by atoms with van der Waals surface area (Å²) >= 11 is 0. The smallest absolute Gasteiger partial charge is 0.354 e. The average molecular weight is 224 g/mol. The molecule has 0 amide bonds. The second-order valence-corrected chi connectivity index (χ2v) is 4.15. The third kappa shape index (κ3) is 1.92. The molecule has 2 heterocycles. The minimum atomic E-state index is -0.401. The van der Waals surface area contributed by atoms with E-state index in [-0.39, 0.29) is 18.3 Å². The quantitative estimate of drug-likeness (QED) is 0.793. The number of nitrogens with zero attached hydrogens (tertiary/aromatic N) is 3. The Morgan fingerprint density at radius 2 is 2.44 bits per heavy atom. The number of hydrogen-bond acceptors (Lipinski definition) is 5. The predicted octanol–water partition coefficient (Wildman–Crippen LogP) is 0.554. The first kappa shape index (κ1) is 11.1. The van der Waals surface area contributed by atoms with Crippen LogP contribution in [-0.2, 0) is 4.74 Å². The van der Waals surface area contributed by atoms with E-state index in [9.17, 15) is 4.79 Å². The number of rotatable bonds is 2. The molecule has 0 radical (unpaired) electrons. The number of ether oxygens (including phenoxy) is 1. The maximum atomic E-state index is 11.6. The van der Waals surface area contributed by atoms with Crippen LogP contribution in [0.3, 0.4) is 0 Å². The summed E-state index contributed by atoms with van der Waals surface area (Å²) in [6.45, 7) is 4.20. The number of nitrogen functional groups attached to an aromatic ring is 1. The van der Waals surface area contributed by atoms with Crippen LogP contribution in [-0.4, -0.2) is 20.6 Å². The van der Waals surface area contributed by atoms with Crippen LogP contribution in [0.15, 0.2) is 11.1 Å². The van der Waals surface area contributed by atoms with Gasteiger partial charge in [-0.2, -0.15) is 4.98 Å². The molecule has 1 fully saturated rings. The van der Waals surface area contributed by atoms with Crippen molar-refractivity contribution in [3.05, 3.63) is 16.8 Å². The van der Waals surface area contributed by atoms with E-state index in [1.165, 1.54) is 10.9 Å². The summed E-state index contributed by atoms with van der Waals surface area (Å²) in [5, 5.41) is 0. The van der Waals surface area contributed by atoms with E-state index >= 15 is 0 Å². The SMILES string of the molecule is CC[C@H]1O[C@@H](n2cnc(N)nc2=O)CC1C. The molecular weight excluding hydrogens is 208 g/mol. The van der Waals surface area contributed by atoms with Crippen LogP contribution < -0.4 is 11.4 Å². The van der Waals surface area contributed by atoms with Gasteiger partial charge in [0.05, 0.1) is 6.10 Å². The van der Waals surface area contributed by atoms with Crippen LogP contribution in [0.5, 0.6) is 0 Å². The van der Waals surface area contributed by atoms with Crippen LogP contribution in [0.2, 0.25) is 0 Å². The molecule has 1 aliphatic heterocycles. The second kappa shape index (κ2) is 4.21. The summed E-state index contributed by atoms with van der Waals surface area (Å²) < 4.78 is 7.18. The fourth-order valence-corrected chi connectivity index (χ4v) is 2.09. The highest BCUT2D eigenvalue weighted by Gasteiger charge is 2.32. The topological polar surface area (TPSA) is 83.0 Å². The van der Waals surface area contributed by atoms with Crippen molar-refractivity contribution >= 4 is 5.95 Å². The molecule has 3 atom stereocenters. The summed E-state index contributed by atoms with van der Waals surface area (Å²) in [6, 6.07) is 0. The predicted molar refractivity (Wildman–Crippen MR) is 58.7 cm³/mol. The largest absolute Gasteiger partial charge is 0.368 e. The van der Waals surface area contributed by atoms with Gasteiger partial charge in [0, 0.05) is 0 Å². The van der Waals surface area contributed by atoms with E-state index in [2.05, 4.69) is 23.8 Å². The molecule has 0 aromatic carbocycles. The molecule has 1 unspecified atom stereocenters. The molecule has 6 heteroatoms. The highest BCUT2D eigenvalue weighted by Crippen LogP contribution is 2.33. The Morgan fingerprint density at radius 3 is 3.00 bits per heavy atom. The van der Waals surface area contributed by atoms with Crippen molar-refractivity contribution < 1.29 is 4.74 Å². The lowest BCUT2D eigenvalue weighted by Gasteiger charge is -2.14. The van der Waals surface area contributed by atoms with Crippen LogP contribution in [0.1, 0.15) is 32.9 Å². The van der Waals surface area contributed by atoms with Gasteiger partial charge in [-0.15, -0.1) is 0 Å². The molecule has 0 spiro atoms. The zero-order chi connectivity index (χ0) is 11.7. The van der Waals surface area contributed by atoms with E-state index in [1.54, 1.807) is 0 Å². The molecule has 0 saturated carbocycles. The van der Waals surface area contributed by atoms with Gasteiger partial charge < -0.3 is 10.5 Å². The Labute approximate surface area is 93.5 Å². The first-order valence-corrected chi connectivity index (χ1v) is 5.48. The molecule has 88 valence electrons. The minimum Gasteiger partial charge on any atom is -0.368 e. The van der Waals surface area contributed by atoms with Gasteiger partial charge in [-0.05, 0) is 18.8 Å². The van der Waals surface area contributed by atoms with Gasteiger partial charge in [-0.3, -0.25) is 4.57 Å². The Morgan fingerprint density at radius 1 is 1.69 bits per heavy atom. The highest BCUT2D eigenvalue weighted by atomic mass is 16.5.